The number of hydrogen-bond acceptors (Lipinski definition) is 2. The normalized spacial score (nSPS) is 18.9. The van der Waals surface area contributed by atoms with E-state index in [1.54, 1.807) is 4.90 Å². The minimum atomic E-state index is -4.07. The van der Waals surface area contributed by atoms with E-state index in [0.717, 1.165) is 0 Å². The number of hydrogen-bond donors (Lipinski definition) is 1. The third kappa shape index (κ3) is 4.07. The van der Waals surface area contributed by atoms with Crippen molar-refractivity contribution in [2.75, 3.05) is 19.6 Å². The molecule has 6 heteroatoms. The predicted molar refractivity (Wildman–Crippen MR) is 47.5 cm³/mol. The number of carboxylic acid groups (broad SMARTS) is 1. The molecule has 1 rings (SSSR count). The zero-order valence-electron chi connectivity index (χ0n) is 8.26. The molecule has 1 N–H and O–H groups in total. The molecule has 1 heterocycles. The van der Waals surface area contributed by atoms with E-state index < -0.39 is 18.1 Å². The highest BCUT2D eigenvalue weighted by Gasteiger charge is 2.46. The molecule has 0 bridgehead atoms. The second-order valence-electron chi connectivity index (χ2n) is 3.85. The van der Waals surface area contributed by atoms with Crippen molar-refractivity contribution in [2.45, 2.75) is 25.4 Å². The molecule has 0 amide bonds. The van der Waals surface area contributed by atoms with Crippen molar-refractivity contribution in [1.29, 1.82) is 0 Å². The summed E-state index contributed by atoms with van der Waals surface area (Å²) in [5, 5.41) is 8.34. The van der Waals surface area contributed by atoms with E-state index in [0.29, 0.717) is 19.4 Å². The van der Waals surface area contributed by atoms with Crippen molar-refractivity contribution >= 4 is 5.97 Å². The summed E-state index contributed by atoms with van der Waals surface area (Å²) in [5.74, 6) is -2.04. The lowest BCUT2D eigenvalue weighted by molar-refractivity contribution is -0.209. The van der Waals surface area contributed by atoms with E-state index >= 15 is 0 Å². The lowest BCUT2D eigenvalue weighted by atomic mass is 9.99. The Kier molecular flexibility index (Phi) is 3.96. The van der Waals surface area contributed by atoms with Crippen LogP contribution in [0, 0.1) is 5.92 Å². The summed E-state index contributed by atoms with van der Waals surface area (Å²) in [6.07, 6.45) is -2.80. The Morgan fingerprint density at radius 2 is 1.93 bits per heavy atom. The van der Waals surface area contributed by atoms with Gasteiger partial charge in [0, 0.05) is 19.5 Å². The molecule has 0 atom stereocenters. The van der Waals surface area contributed by atoms with Crippen LogP contribution in [-0.2, 0) is 4.79 Å². The van der Waals surface area contributed by atoms with E-state index in [2.05, 4.69) is 0 Å². The van der Waals surface area contributed by atoms with Crippen LogP contribution in [0.5, 0.6) is 0 Å². The summed E-state index contributed by atoms with van der Waals surface area (Å²) < 4.78 is 36.2. The van der Waals surface area contributed by atoms with E-state index in [4.69, 9.17) is 5.11 Å². The molecule has 0 aliphatic carbocycles. The van der Waals surface area contributed by atoms with Gasteiger partial charge in [-0.1, -0.05) is 0 Å². The molecule has 0 unspecified atom stereocenters. The summed E-state index contributed by atoms with van der Waals surface area (Å²) >= 11 is 0. The predicted octanol–water partition coefficient (Wildman–Crippen LogP) is 1.74. The van der Waals surface area contributed by atoms with Crippen molar-refractivity contribution in [1.82, 2.24) is 4.90 Å². The number of carboxylic acids is 1. The minimum Gasteiger partial charge on any atom is -0.481 e. The standard InChI is InChI=1S/C9H14F3NO2/c10-9(11,12)7-5-13(6-7)4-2-1-3-8(14)15/h7H,1-6H2,(H,14,15). The molecule has 1 aliphatic rings. The number of carbonyl (C=O) groups is 1. The number of halogens is 3. The monoisotopic (exact) mass is 225 g/mol. The Balaban J connectivity index is 2.01. The van der Waals surface area contributed by atoms with Gasteiger partial charge in [-0.15, -0.1) is 0 Å². The van der Waals surface area contributed by atoms with Gasteiger partial charge < -0.3 is 10.0 Å². The molecule has 0 radical (unpaired) electrons. The van der Waals surface area contributed by atoms with E-state index in [1.165, 1.54) is 0 Å². The maximum absolute atomic E-state index is 12.1. The number of unbranched alkanes of at least 4 members (excludes halogenated alkanes) is 1. The van der Waals surface area contributed by atoms with Crippen LogP contribution in [0.15, 0.2) is 0 Å². The van der Waals surface area contributed by atoms with Crippen LogP contribution in [0.2, 0.25) is 0 Å². The fourth-order valence-electron chi connectivity index (χ4n) is 1.57. The lowest BCUT2D eigenvalue weighted by Crippen LogP contribution is -2.53. The third-order valence-electron chi connectivity index (χ3n) is 2.54. The number of aliphatic carboxylic acids is 1. The minimum absolute atomic E-state index is 0.0660. The van der Waals surface area contributed by atoms with Crippen LogP contribution in [-0.4, -0.2) is 41.8 Å². The fraction of sp³-hybridized carbons (Fsp3) is 0.889. The van der Waals surface area contributed by atoms with Crippen molar-refractivity contribution in [3.8, 4) is 0 Å². The van der Waals surface area contributed by atoms with Gasteiger partial charge in [0.1, 0.15) is 0 Å². The van der Waals surface area contributed by atoms with Crippen molar-refractivity contribution < 1.29 is 23.1 Å². The van der Waals surface area contributed by atoms with Crippen molar-refractivity contribution in [3.63, 3.8) is 0 Å². The van der Waals surface area contributed by atoms with Gasteiger partial charge in [0.2, 0.25) is 0 Å². The van der Waals surface area contributed by atoms with Crippen molar-refractivity contribution in [2.24, 2.45) is 5.92 Å². The molecular formula is C9H14F3NO2. The average Bonchev–Trinajstić information content (AvgIpc) is 1.96. The van der Waals surface area contributed by atoms with Gasteiger partial charge in [-0.3, -0.25) is 4.79 Å². The highest BCUT2D eigenvalue weighted by atomic mass is 19.4. The highest BCUT2D eigenvalue weighted by Crippen LogP contribution is 2.33. The van der Waals surface area contributed by atoms with E-state index in [1.807, 2.05) is 0 Å². The summed E-state index contributed by atoms with van der Waals surface area (Å²) in [5.41, 5.74) is 0. The Bertz CT molecular complexity index is 224. The maximum Gasteiger partial charge on any atom is 0.394 e. The van der Waals surface area contributed by atoms with Crippen LogP contribution in [0.4, 0.5) is 13.2 Å². The first-order chi connectivity index (χ1) is 6.89. The van der Waals surface area contributed by atoms with Gasteiger partial charge in [0.25, 0.3) is 0 Å². The molecule has 1 fully saturated rings. The summed E-state index contributed by atoms with van der Waals surface area (Å²) in [6, 6.07) is 0. The SMILES string of the molecule is O=C(O)CCCCN1CC(C(F)(F)F)C1. The summed E-state index contributed by atoms with van der Waals surface area (Å²) in [7, 11) is 0. The van der Waals surface area contributed by atoms with Gasteiger partial charge in [0.05, 0.1) is 5.92 Å². The molecule has 1 aliphatic heterocycles. The van der Waals surface area contributed by atoms with E-state index in [9.17, 15) is 18.0 Å². The molecule has 15 heavy (non-hydrogen) atoms. The number of nitrogens with zero attached hydrogens (tertiary/aromatic N) is 1. The van der Waals surface area contributed by atoms with Crippen LogP contribution in [0.3, 0.4) is 0 Å². The van der Waals surface area contributed by atoms with Crippen LogP contribution < -0.4 is 0 Å². The zero-order chi connectivity index (χ0) is 11.5. The quantitative estimate of drug-likeness (QED) is 0.724. The first-order valence-electron chi connectivity index (χ1n) is 4.90. The Morgan fingerprint density at radius 3 is 2.40 bits per heavy atom. The second-order valence-corrected chi connectivity index (χ2v) is 3.85. The number of likely N-dealkylation sites (tertiary alicyclic amines) is 1. The molecule has 3 nitrogen and oxygen atoms in total. The fourth-order valence-corrected chi connectivity index (χ4v) is 1.57. The largest absolute Gasteiger partial charge is 0.481 e. The van der Waals surface area contributed by atoms with Gasteiger partial charge in [0.15, 0.2) is 0 Å². The average molecular weight is 225 g/mol. The van der Waals surface area contributed by atoms with Gasteiger partial charge in [-0.05, 0) is 19.4 Å². The molecule has 0 spiro atoms. The highest BCUT2D eigenvalue weighted by molar-refractivity contribution is 5.66. The Labute approximate surface area is 85.9 Å². The topological polar surface area (TPSA) is 40.5 Å². The first-order valence-corrected chi connectivity index (χ1v) is 4.90. The van der Waals surface area contributed by atoms with Gasteiger partial charge in [-0.2, -0.15) is 13.2 Å². The van der Waals surface area contributed by atoms with Crippen LogP contribution >= 0.6 is 0 Å². The summed E-state index contributed by atoms with van der Waals surface area (Å²) in [6.45, 7) is 0.701. The van der Waals surface area contributed by atoms with Gasteiger partial charge in [-0.25, -0.2) is 0 Å². The van der Waals surface area contributed by atoms with Gasteiger partial charge >= 0.3 is 12.1 Å². The smallest absolute Gasteiger partial charge is 0.394 e. The maximum atomic E-state index is 12.1. The van der Waals surface area contributed by atoms with Crippen LogP contribution in [0.25, 0.3) is 0 Å². The molecule has 0 aromatic rings. The molecule has 88 valence electrons. The molecule has 0 saturated carbocycles. The molecular weight excluding hydrogens is 211 g/mol. The summed E-state index contributed by atoms with van der Waals surface area (Å²) in [4.78, 5) is 11.9. The molecule has 0 aromatic carbocycles. The second kappa shape index (κ2) is 4.83. The Morgan fingerprint density at radius 1 is 1.33 bits per heavy atom. The molecule has 0 aromatic heterocycles. The van der Waals surface area contributed by atoms with E-state index in [-0.39, 0.29) is 19.5 Å². The first kappa shape index (κ1) is 12.3. The lowest BCUT2D eigenvalue weighted by Gasteiger charge is -2.40. The number of alkyl halides is 3. The number of rotatable bonds is 5. The Hall–Kier alpha value is -0.780. The molecule has 1 saturated heterocycles. The van der Waals surface area contributed by atoms with Crippen LogP contribution in [0.1, 0.15) is 19.3 Å². The zero-order valence-corrected chi connectivity index (χ0v) is 8.26. The third-order valence-corrected chi connectivity index (χ3v) is 2.54. The van der Waals surface area contributed by atoms with Crippen molar-refractivity contribution in [3.05, 3.63) is 0 Å².